The fourth-order valence-electron chi connectivity index (χ4n) is 3.03. The number of carbonyl (C=O) groups is 1. The predicted molar refractivity (Wildman–Crippen MR) is 110 cm³/mol. The Morgan fingerprint density at radius 2 is 1.86 bits per heavy atom. The number of thiazole rings is 1. The Kier molecular flexibility index (Phi) is 5.01. The summed E-state index contributed by atoms with van der Waals surface area (Å²) in [6.07, 6.45) is 0. The lowest BCUT2D eigenvalue weighted by atomic mass is 9.97. The fraction of sp³-hybridized carbons (Fsp3) is 0.350. The van der Waals surface area contributed by atoms with Crippen LogP contribution in [0.15, 0.2) is 36.4 Å². The second-order valence-corrected chi connectivity index (χ2v) is 8.18. The zero-order valence-corrected chi connectivity index (χ0v) is 16.6. The maximum atomic E-state index is 12.5. The van der Waals surface area contributed by atoms with E-state index >= 15 is 0 Å². The lowest BCUT2D eigenvalue weighted by molar-refractivity contribution is 0.0785. The minimum absolute atomic E-state index is 0.241. The van der Waals surface area contributed by atoms with Crippen molar-refractivity contribution in [2.24, 2.45) is 0 Å². The third-order valence-electron chi connectivity index (χ3n) is 4.65. The van der Waals surface area contributed by atoms with Crippen LogP contribution in [0.2, 0.25) is 0 Å². The van der Waals surface area contributed by atoms with Gasteiger partial charge in [-0.1, -0.05) is 23.5 Å². The highest BCUT2D eigenvalue weighted by molar-refractivity contribution is 7.22. The van der Waals surface area contributed by atoms with E-state index in [-0.39, 0.29) is 5.91 Å². The van der Waals surface area contributed by atoms with Crippen LogP contribution < -0.4 is 10.2 Å². The molecule has 0 unspecified atom stereocenters. The molecule has 146 valence electrons. The molecule has 4 rings (SSSR count). The number of benzene rings is 1. The molecule has 0 atom stereocenters. The van der Waals surface area contributed by atoms with E-state index in [1.807, 2.05) is 12.1 Å². The molecular formula is C20H22N4O3S. The summed E-state index contributed by atoms with van der Waals surface area (Å²) in [5.41, 5.74) is 1.08. The quantitative estimate of drug-likeness (QED) is 0.702. The number of anilines is 2. The number of carbonyl (C=O) groups excluding carboxylic acids is 1. The Hall–Kier alpha value is -2.55. The number of hydrogen-bond acceptors (Lipinski definition) is 7. The normalized spacial score (nSPS) is 15.0. The third kappa shape index (κ3) is 3.99. The first-order chi connectivity index (χ1) is 13.4. The number of rotatable bonds is 4. The molecule has 28 heavy (non-hydrogen) atoms. The van der Waals surface area contributed by atoms with Crippen LogP contribution in [-0.4, -0.2) is 47.3 Å². The zero-order chi connectivity index (χ0) is 19.7. The number of nitrogens with zero attached hydrogens (tertiary/aromatic N) is 3. The van der Waals surface area contributed by atoms with Gasteiger partial charge in [0.2, 0.25) is 0 Å². The Bertz CT molecular complexity index is 989. The molecule has 1 fully saturated rings. The minimum Gasteiger partial charge on any atom is -0.386 e. The molecule has 7 nitrogen and oxygen atoms in total. The van der Waals surface area contributed by atoms with Gasteiger partial charge in [-0.05, 0) is 43.7 Å². The summed E-state index contributed by atoms with van der Waals surface area (Å²) in [5.74, 6) is 0.661. The molecule has 1 aliphatic rings. The molecule has 3 aromatic rings. The monoisotopic (exact) mass is 398 g/mol. The molecule has 1 saturated heterocycles. The number of ether oxygens (including phenoxy) is 1. The third-order valence-corrected chi connectivity index (χ3v) is 5.53. The van der Waals surface area contributed by atoms with Crippen LogP contribution in [0.3, 0.4) is 0 Å². The fourth-order valence-corrected chi connectivity index (χ4v) is 3.86. The second kappa shape index (κ2) is 7.46. The van der Waals surface area contributed by atoms with Gasteiger partial charge in [-0.3, -0.25) is 10.1 Å². The summed E-state index contributed by atoms with van der Waals surface area (Å²) in [6.45, 7) is 6.47. The maximum Gasteiger partial charge on any atom is 0.257 e. The van der Waals surface area contributed by atoms with Crippen LogP contribution in [-0.2, 0) is 10.3 Å². The SMILES string of the molecule is CC(C)(O)c1ccc(C(=O)Nc2nc3ccc(N4CCOCC4)nc3s2)cc1. The van der Waals surface area contributed by atoms with Gasteiger partial charge >= 0.3 is 0 Å². The first-order valence-electron chi connectivity index (χ1n) is 9.15. The number of nitrogens with one attached hydrogen (secondary N) is 1. The largest absolute Gasteiger partial charge is 0.386 e. The molecule has 8 heteroatoms. The number of pyridine rings is 1. The Morgan fingerprint density at radius 1 is 1.14 bits per heavy atom. The Morgan fingerprint density at radius 3 is 2.54 bits per heavy atom. The number of hydrogen-bond donors (Lipinski definition) is 2. The van der Waals surface area contributed by atoms with Gasteiger partial charge in [-0.25, -0.2) is 9.97 Å². The Balaban J connectivity index is 1.50. The molecular weight excluding hydrogens is 376 g/mol. The van der Waals surface area contributed by atoms with Crippen LogP contribution in [0, 0.1) is 0 Å². The van der Waals surface area contributed by atoms with Gasteiger partial charge in [0.1, 0.15) is 16.2 Å². The second-order valence-electron chi connectivity index (χ2n) is 7.20. The van der Waals surface area contributed by atoms with Crippen LogP contribution >= 0.6 is 11.3 Å². The summed E-state index contributed by atoms with van der Waals surface area (Å²) in [6, 6.07) is 10.8. The first kappa shape index (κ1) is 18.8. The van der Waals surface area contributed by atoms with E-state index in [9.17, 15) is 9.90 Å². The molecule has 3 heterocycles. The van der Waals surface area contributed by atoms with Crippen molar-refractivity contribution < 1.29 is 14.6 Å². The first-order valence-corrected chi connectivity index (χ1v) is 9.96. The molecule has 2 aromatic heterocycles. The van der Waals surface area contributed by atoms with E-state index < -0.39 is 5.60 Å². The number of aromatic nitrogens is 2. The molecule has 1 aromatic carbocycles. The molecule has 0 aliphatic carbocycles. The van der Waals surface area contributed by atoms with Crippen molar-refractivity contribution in [1.29, 1.82) is 0 Å². The average molecular weight is 398 g/mol. The summed E-state index contributed by atoms with van der Waals surface area (Å²) < 4.78 is 5.38. The van der Waals surface area contributed by atoms with Gasteiger partial charge in [0.15, 0.2) is 5.13 Å². The molecule has 0 saturated carbocycles. The lowest BCUT2D eigenvalue weighted by Crippen LogP contribution is -2.36. The lowest BCUT2D eigenvalue weighted by Gasteiger charge is -2.27. The number of fused-ring (bicyclic) bond motifs is 1. The predicted octanol–water partition coefficient (Wildman–Crippen LogP) is 3.01. The van der Waals surface area contributed by atoms with Crippen molar-refractivity contribution in [3.05, 3.63) is 47.5 Å². The summed E-state index contributed by atoms with van der Waals surface area (Å²) >= 11 is 1.35. The van der Waals surface area contributed by atoms with Crippen molar-refractivity contribution in [3.63, 3.8) is 0 Å². The van der Waals surface area contributed by atoms with Crippen LogP contribution in [0.5, 0.6) is 0 Å². The van der Waals surface area contributed by atoms with E-state index in [1.54, 1.807) is 38.1 Å². The van der Waals surface area contributed by atoms with Crippen molar-refractivity contribution in [2.45, 2.75) is 19.4 Å². The summed E-state index contributed by atoms with van der Waals surface area (Å²) in [4.78, 5) is 24.6. The van der Waals surface area contributed by atoms with Crippen molar-refractivity contribution >= 4 is 38.5 Å². The van der Waals surface area contributed by atoms with Crippen LogP contribution in [0.4, 0.5) is 10.9 Å². The van der Waals surface area contributed by atoms with Crippen molar-refractivity contribution in [2.75, 3.05) is 36.5 Å². The van der Waals surface area contributed by atoms with E-state index in [1.165, 1.54) is 11.3 Å². The van der Waals surface area contributed by atoms with Crippen molar-refractivity contribution in [3.8, 4) is 0 Å². The number of morpholine rings is 1. The number of aliphatic hydroxyl groups is 1. The summed E-state index contributed by atoms with van der Waals surface area (Å²) in [5, 5.41) is 13.4. The highest BCUT2D eigenvalue weighted by Gasteiger charge is 2.18. The van der Waals surface area contributed by atoms with Gasteiger partial charge in [0.25, 0.3) is 5.91 Å². The van der Waals surface area contributed by atoms with E-state index in [2.05, 4.69) is 20.2 Å². The van der Waals surface area contributed by atoms with Crippen LogP contribution in [0.25, 0.3) is 10.3 Å². The van der Waals surface area contributed by atoms with E-state index in [0.29, 0.717) is 23.9 Å². The van der Waals surface area contributed by atoms with Gasteiger partial charge in [0, 0.05) is 18.7 Å². The number of amides is 1. The van der Waals surface area contributed by atoms with Gasteiger partial charge in [0.05, 0.1) is 18.8 Å². The molecule has 1 aliphatic heterocycles. The standard InChI is InChI=1S/C20H22N4O3S/c1-20(2,26)14-5-3-13(4-6-14)17(25)23-19-21-15-7-8-16(22-18(15)28-19)24-9-11-27-12-10-24/h3-8,26H,9-12H2,1-2H3,(H,21,23,25). The smallest absolute Gasteiger partial charge is 0.257 e. The zero-order valence-electron chi connectivity index (χ0n) is 15.8. The highest BCUT2D eigenvalue weighted by Crippen LogP contribution is 2.27. The van der Waals surface area contributed by atoms with Gasteiger partial charge in [-0.15, -0.1) is 0 Å². The molecule has 2 N–H and O–H groups in total. The van der Waals surface area contributed by atoms with Crippen molar-refractivity contribution in [1.82, 2.24) is 9.97 Å². The molecule has 0 bridgehead atoms. The maximum absolute atomic E-state index is 12.5. The molecule has 0 spiro atoms. The van der Waals surface area contributed by atoms with Gasteiger partial charge in [-0.2, -0.15) is 0 Å². The molecule has 1 amide bonds. The average Bonchev–Trinajstić information content (AvgIpc) is 3.09. The summed E-state index contributed by atoms with van der Waals surface area (Å²) in [7, 11) is 0. The minimum atomic E-state index is -0.939. The van der Waals surface area contributed by atoms with Gasteiger partial charge < -0.3 is 14.7 Å². The highest BCUT2D eigenvalue weighted by atomic mass is 32.1. The van der Waals surface area contributed by atoms with Crippen LogP contribution in [0.1, 0.15) is 29.8 Å². The van der Waals surface area contributed by atoms with E-state index in [0.717, 1.165) is 34.8 Å². The molecule has 0 radical (unpaired) electrons. The Labute approximate surface area is 167 Å². The topological polar surface area (TPSA) is 87.6 Å². The van der Waals surface area contributed by atoms with E-state index in [4.69, 9.17) is 4.74 Å².